The molecule has 0 saturated carbocycles. The number of imidazole rings is 1. The molecule has 0 atom stereocenters. The van der Waals surface area contributed by atoms with Gasteiger partial charge in [-0.15, -0.1) is 0 Å². The van der Waals surface area contributed by atoms with Crippen LogP contribution >= 0.6 is 0 Å². The summed E-state index contributed by atoms with van der Waals surface area (Å²) < 4.78 is 0. The first-order chi connectivity index (χ1) is 10.8. The molecule has 1 aliphatic rings. The van der Waals surface area contributed by atoms with E-state index in [0.717, 1.165) is 32.0 Å². The summed E-state index contributed by atoms with van der Waals surface area (Å²) in [6, 6.07) is 5.96. The van der Waals surface area contributed by atoms with Crippen LogP contribution in [-0.4, -0.2) is 51.1 Å². The van der Waals surface area contributed by atoms with E-state index in [2.05, 4.69) is 34.7 Å². The van der Waals surface area contributed by atoms with Crippen LogP contribution < -0.4 is 15.5 Å². The number of hydrogen-bond acceptors (Lipinski definition) is 7. The van der Waals surface area contributed by atoms with Crippen LogP contribution in [0.1, 0.15) is 0 Å². The number of pyridine rings is 1. The minimum atomic E-state index is 0.435. The molecule has 0 amide bonds. The van der Waals surface area contributed by atoms with Crippen LogP contribution in [0, 0.1) is 0 Å². The second-order valence-electron chi connectivity index (χ2n) is 5.17. The van der Waals surface area contributed by atoms with E-state index in [1.807, 2.05) is 24.4 Å². The maximum atomic E-state index is 5.96. The van der Waals surface area contributed by atoms with E-state index < -0.39 is 0 Å². The third kappa shape index (κ3) is 2.18. The van der Waals surface area contributed by atoms with Crippen LogP contribution in [-0.2, 0) is 0 Å². The topological polar surface area (TPSA) is 99.8 Å². The number of aromatic nitrogens is 5. The highest BCUT2D eigenvalue weighted by Crippen LogP contribution is 2.20. The summed E-state index contributed by atoms with van der Waals surface area (Å²) in [7, 11) is 0. The molecule has 0 radical (unpaired) electrons. The van der Waals surface area contributed by atoms with Crippen molar-refractivity contribution in [3.63, 3.8) is 0 Å². The van der Waals surface area contributed by atoms with Crippen LogP contribution in [0.4, 0.5) is 17.6 Å². The molecule has 1 aliphatic heterocycles. The number of anilines is 3. The minimum Gasteiger partial charge on any atom is -0.382 e. The van der Waals surface area contributed by atoms with Crippen LogP contribution in [0.25, 0.3) is 11.2 Å². The first-order valence-electron chi connectivity index (χ1n) is 7.19. The standard InChI is InChI=1S/C14H16N8/c15-12-11-13(18-9-17-11)20-14(19-12)22-7-5-21(6-8-22)10-3-1-2-4-16-10/h1-4,9H,5-8H2,(H3,15,17,18,19,20). The summed E-state index contributed by atoms with van der Waals surface area (Å²) in [5.74, 6) is 2.08. The number of nitrogen functional groups attached to an aromatic ring is 1. The molecule has 0 unspecified atom stereocenters. The molecule has 0 aromatic carbocycles. The molecule has 0 bridgehead atoms. The third-order valence-corrected chi connectivity index (χ3v) is 3.84. The van der Waals surface area contributed by atoms with Crippen LogP contribution in [0.3, 0.4) is 0 Å². The van der Waals surface area contributed by atoms with Crippen molar-refractivity contribution in [1.29, 1.82) is 0 Å². The van der Waals surface area contributed by atoms with Crippen molar-refractivity contribution in [2.24, 2.45) is 0 Å². The van der Waals surface area contributed by atoms with Gasteiger partial charge in [0.1, 0.15) is 11.3 Å². The Hall–Kier alpha value is -2.90. The van der Waals surface area contributed by atoms with Crippen molar-refractivity contribution in [3.8, 4) is 0 Å². The Kier molecular flexibility index (Phi) is 2.99. The van der Waals surface area contributed by atoms with E-state index >= 15 is 0 Å². The number of piperazine rings is 1. The highest BCUT2D eigenvalue weighted by molar-refractivity contribution is 5.82. The zero-order chi connectivity index (χ0) is 14.9. The first-order valence-corrected chi connectivity index (χ1v) is 7.19. The Morgan fingerprint density at radius 1 is 1.00 bits per heavy atom. The predicted molar refractivity (Wildman–Crippen MR) is 84.8 cm³/mol. The van der Waals surface area contributed by atoms with Gasteiger partial charge in [-0.3, -0.25) is 0 Å². The molecule has 0 aliphatic carbocycles. The summed E-state index contributed by atoms with van der Waals surface area (Å²) in [5, 5.41) is 0. The van der Waals surface area contributed by atoms with E-state index in [9.17, 15) is 0 Å². The van der Waals surface area contributed by atoms with E-state index in [-0.39, 0.29) is 0 Å². The fraction of sp³-hybridized carbons (Fsp3) is 0.286. The smallest absolute Gasteiger partial charge is 0.229 e. The van der Waals surface area contributed by atoms with Gasteiger partial charge >= 0.3 is 0 Å². The maximum Gasteiger partial charge on any atom is 0.229 e. The van der Waals surface area contributed by atoms with Gasteiger partial charge in [-0.05, 0) is 12.1 Å². The third-order valence-electron chi connectivity index (χ3n) is 3.84. The number of hydrogen-bond donors (Lipinski definition) is 2. The van der Waals surface area contributed by atoms with Gasteiger partial charge in [0.25, 0.3) is 0 Å². The van der Waals surface area contributed by atoms with Gasteiger partial charge in [0.15, 0.2) is 11.5 Å². The summed E-state index contributed by atoms with van der Waals surface area (Å²) in [6.07, 6.45) is 3.40. The van der Waals surface area contributed by atoms with Crippen LogP contribution in [0.2, 0.25) is 0 Å². The second-order valence-corrected chi connectivity index (χ2v) is 5.17. The molecule has 8 heteroatoms. The number of nitrogens with two attached hydrogens (primary N) is 1. The van der Waals surface area contributed by atoms with Gasteiger partial charge in [0.2, 0.25) is 5.95 Å². The number of H-pyrrole nitrogens is 1. The van der Waals surface area contributed by atoms with Gasteiger partial charge in [-0.1, -0.05) is 6.07 Å². The molecule has 3 aromatic rings. The average molecular weight is 296 g/mol. The first kappa shape index (κ1) is 12.8. The number of nitrogens with zero attached hydrogens (tertiary/aromatic N) is 6. The molecule has 22 heavy (non-hydrogen) atoms. The minimum absolute atomic E-state index is 0.435. The highest BCUT2D eigenvalue weighted by Gasteiger charge is 2.21. The molecule has 8 nitrogen and oxygen atoms in total. The van der Waals surface area contributed by atoms with Crippen LogP contribution in [0.15, 0.2) is 30.7 Å². The Morgan fingerprint density at radius 2 is 1.82 bits per heavy atom. The monoisotopic (exact) mass is 296 g/mol. The van der Waals surface area contributed by atoms with Crippen molar-refractivity contribution in [2.45, 2.75) is 0 Å². The lowest BCUT2D eigenvalue weighted by Gasteiger charge is -2.35. The normalized spacial score (nSPS) is 15.5. The number of fused-ring (bicyclic) bond motifs is 1. The van der Waals surface area contributed by atoms with Gasteiger partial charge in [-0.25, -0.2) is 9.97 Å². The van der Waals surface area contributed by atoms with Crippen molar-refractivity contribution < 1.29 is 0 Å². The SMILES string of the molecule is Nc1nc(N2CCN(c3ccccn3)CC2)nc2nc[nH]c12. The lowest BCUT2D eigenvalue weighted by Crippen LogP contribution is -2.47. The fourth-order valence-electron chi connectivity index (χ4n) is 2.66. The Bertz CT molecular complexity index is 776. The fourth-order valence-corrected chi connectivity index (χ4v) is 2.66. The Labute approximate surface area is 127 Å². The molecular weight excluding hydrogens is 280 g/mol. The van der Waals surface area contributed by atoms with E-state index in [1.165, 1.54) is 0 Å². The van der Waals surface area contributed by atoms with Crippen molar-refractivity contribution in [2.75, 3.05) is 41.7 Å². The Morgan fingerprint density at radius 3 is 2.59 bits per heavy atom. The van der Waals surface area contributed by atoms with Crippen LogP contribution in [0.5, 0.6) is 0 Å². The highest BCUT2D eigenvalue weighted by atomic mass is 15.3. The molecular formula is C14H16N8. The maximum absolute atomic E-state index is 5.96. The lowest BCUT2D eigenvalue weighted by molar-refractivity contribution is 0.636. The zero-order valence-corrected chi connectivity index (χ0v) is 12.0. The van der Waals surface area contributed by atoms with Gasteiger partial charge < -0.3 is 20.5 Å². The summed E-state index contributed by atoms with van der Waals surface area (Å²) >= 11 is 0. The molecule has 3 N–H and O–H groups in total. The number of rotatable bonds is 2. The largest absolute Gasteiger partial charge is 0.382 e. The molecule has 1 fully saturated rings. The summed E-state index contributed by atoms with van der Waals surface area (Å²) in [4.78, 5) is 24.7. The molecule has 4 heterocycles. The summed E-state index contributed by atoms with van der Waals surface area (Å²) in [5.41, 5.74) is 7.25. The van der Waals surface area contributed by atoms with Gasteiger partial charge in [-0.2, -0.15) is 9.97 Å². The molecule has 4 rings (SSSR count). The predicted octanol–water partition coefficient (Wildman–Crippen LogP) is 0.657. The molecule has 3 aromatic heterocycles. The van der Waals surface area contributed by atoms with E-state index in [1.54, 1.807) is 6.33 Å². The van der Waals surface area contributed by atoms with E-state index in [4.69, 9.17) is 5.73 Å². The van der Waals surface area contributed by atoms with Gasteiger partial charge in [0, 0.05) is 32.4 Å². The Balaban J connectivity index is 1.53. The van der Waals surface area contributed by atoms with E-state index in [0.29, 0.717) is 22.9 Å². The second kappa shape index (κ2) is 5.14. The van der Waals surface area contributed by atoms with Crippen molar-refractivity contribution in [3.05, 3.63) is 30.7 Å². The molecule has 1 saturated heterocycles. The molecule has 112 valence electrons. The van der Waals surface area contributed by atoms with Crippen molar-refractivity contribution >= 4 is 28.7 Å². The quantitative estimate of drug-likeness (QED) is 0.716. The zero-order valence-electron chi connectivity index (χ0n) is 12.0. The lowest BCUT2D eigenvalue weighted by atomic mass is 10.3. The number of nitrogens with one attached hydrogen (secondary N) is 1. The average Bonchev–Trinajstić information content (AvgIpc) is 3.05. The van der Waals surface area contributed by atoms with Gasteiger partial charge in [0.05, 0.1) is 6.33 Å². The van der Waals surface area contributed by atoms with Crippen molar-refractivity contribution in [1.82, 2.24) is 24.9 Å². The number of aromatic amines is 1. The summed E-state index contributed by atoms with van der Waals surface area (Å²) in [6.45, 7) is 3.40. The molecule has 0 spiro atoms.